The Labute approximate surface area is 196 Å². The van der Waals surface area contributed by atoms with Crippen LogP contribution in [0.25, 0.3) is 5.65 Å². The van der Waals surface area contributed by atoms with Crippen LogP contribution >= 0.6 is 0 Å². The maximum Gasteiger partial charge on any atom is 0.534 e. The van der Waals surface area contributed by atoms with Gasteiger partial charge in [-0.3, -0.25) is 4.79 Å². The number of amides is 1. The van der Waals surface area contributed by atoms with Crippen molar-refractivity contribution in [3.63, 3.8) is 0 Å². The number of nitrogens with zero attached hydrogens (tertiary/aromatic N) is 4. The fraction of sp³-hybridized carbons (Fsp3) is 0.316. The molecule has 3 aromatic rings. The van der Waals surface area contributed by atoms with E-state index in [1.54, 1.807) is 0 Å². The van der Waals surface area contributed by atoms with Gasteiger partial charge < -0.3 is 13.8 Å². The SMILES string of the molecule is CN1C(=O)c2ccc(F)c(OC(F)F)c2C2CC1c1nn3cc(F)c(OS(=O)(=O)C(F)(F)F)nc3c12. The third kappa shape index (κ3) is 3.43. The normalized spacial score (nSPS) is 19.5. The second-order valence-corrected chi connectivity index (χ2v) is 9.42. The highest BCUT2D eigenvalue weighted by Gasteiger charge is 2.50. The van der Waals surface area contributed by atoms with Gasteiger partial charge in [0.15, 0.2) is 17.2 Å². The van der Waals surface area contributed by atoms with Crippen LogP contribution in [0.1, 0.15) is 45.6 Å². The molecule has 0 fully saturated rings. The van der Waals surface area contributed by atoms with Crippen molar-refractivity contribution in [3.8, 4) is 11.6 Å². The molecule has 2 unspecified atom stereocenters. The molecule has 0 spiro atoms. The zero-order valence-corrected chi connectivity index (χ0v) is 18.4. The van der Waals surface area contributed by atoms with E-state index in [1.807, 2.05) is 0 Å². The Balaban J connectivity index is 1.76. The minimum absolute atomic E-state index is 0.0135. The number of rotatable bonds is 4. The van der Waals surface area contributed by atoms with Gasteiger partial charge in [0, 0.05) is 29.7 Å². The van der Waals surface area contributed by atoms with Crippen molar-refractivity contribution >= 4 is 21.7 Å². The van der Waals surface area contributed by atoms with Gasteiger partial charge in [-0.2, -0.15) is 44.8 Å². The molecule has 3 heterocycles. The number of carbonyl (C=O) groups excluding carboxylic acids is 1. The molecule has 9 nitrogen and oxygen atoms in total. The number of hydrogen-bond donors (Lipinski definition) is 0. The molecule has 36 heavy (non-hydrogen) atoms. The van der Waals surface area contributed by atoms with E-state index in [0.29, 0.717) is 6.20 Å². The van der Waals surface area contributed by atoms with Crippen LogP contribution in [0.15, 0.2) is 18.3 Å². The molecule has 2 aromatic heterocycles. The summed E-state index contributed by atoms with van der Waals surface area (Å²) < 4.78 is 125. The van der Waals surface area contributed by atoms with Gasteiger partial charge in [0.1, 0.15) is 0 Å². The lowest BCUT2D eigenvalue weighted by Crippen LogP contribution is -2.30. The van der Waals surface area contributed by atoms with Crippen LogP contribution in [0, 0.1) is 11.6 Å². The molecule has 17 heteroatoms. The number of ether oxygens (including phenoxy) is 1. The monoisotopic (exact) mass is 540 g/mol. The summed E-state index contributed by atoms with van der Waals surface area (Å²) >= 11 is 0. The predicted molar refractivity (Wildman–Crippen MR) is 103 cm³/mol. The van der Waals surface area contributed by atoms with Crippen molar-refractivity contribution in [3.05, 3.63) is 52.3 Å². The van der Waals surface area contributed by atoms with Crippen LogP contribution in [-0.4, -0.2) is 53.0 Å². The molecular formula is C19H11F7N4O5S. The Kier molecular flexibility index (Phi) is 5.14. The molecule has 1 amide bonds. The van der Waals surface area contributed by atoms with E-state index >= 15 is 0 Å². The quantitative estimate of drug-likeness (QED) is 0.284. The van der Waals surface area contributed by atoms with E-state index in [4.69, 9.17) is 0 Å². The molecule has 2 atom stereocenters. The average Bonchev–Trinajstić information content (AvgIpc) is 3.27. The molecule has 2 bridgehead atoms. The van der Waals surface area contributed by atoms with Gasteiger partial charge in [-0.05, 0) is 18.6 Å². The van der Waals surface area contributed by atoms with Crippen molar-refractivity contribution in [2.45, 2.75) is 30.5 Å². The number of benzene rings is 1. The Morgan fingerprint density at radius 2 is 1.83 bits per heavy atom. The molecule has 1 aliphatic heterocycles. The molecular weight excluding hydrogens is 529 g/mol. The van der Waals surface area contributed by atoms with Gasteiger partial charge >= 0.3 is 22.2 Å². The first kappa shape index (κ1) is 24.1. The van der Waals surface area contributed by atoms with Gasteiger partial charge in [-0.25, -0.2) is 8.91 Å². The van der Waals surface area contributed by atoms with Gasteiger partial charge in [0.2, 0.25) is 5.82 Å². The van der Waals surface area contributed by atoms with Crippen LogP contribution < -0.4 is 8.92 Å². The average molecular weight is 540 g/mol. The van der Waals surface area contributed by atoms with Crippen LogP contribution in [0.3, 0.4) is 0 Å². The van der Waals surface area contributed by atoms with Crippen molar-refractivity contribution in [2.75, 3.05) is 7.05 Å². The highest BCUT2D eigenvalue weighted by atomic mass is 32.2. The Hall–Kier alpha value is -3.63. The summed E-state index contributed by atoms with van der Waals surface area (Å²) in [4.78, 5) is 17.8. The third-order valence-corrected chi connectivity index (χ3v) is 6.86. The standard InChI is InChI=1S/C19H11F7N4O5S/c1-29-10-4-7(11-6(17(29)31)2-3-8(20)14(11)34-18(22)23)12-13(10)28-30-5-9(21)16(27-15(12)30)35-36(32,33)19(24,25)26/h2-3,5,7,10,18H,4H2,1H3. The summed E-state index contributed by atoms with van der Waals surface area (Å²) in [7, 11) is -4.94. The number of aromatic nitrogens is 3. The summed E-state index contributed by atoms with van der Waals surface area (Å²) in [5.74, 6) is -7.10. The van der Waals surface area contributed by atoms with Crippen molar-refractivity contribution in [1.29, 1.82) is 0 Å². The summed E-state index contributed by atoms with van der Waals surface area (Å²) in [6.07, 6.45) is 0.460. The zero-order valence-electron chi connectivity index (χ0n) is 17.6. The first-order chi connectivity index (χ1) is 16.7. The number of alkyl halides is 5. The lowest BCUT2D eigenvalue weighted by atomic mass is 9.89. The van der Waals surface area contributed by atoms with Crippen LogP contribution in [0.2, 0.25) is 0 Å². The maximum absolute atomic E-state index is 14.6. The Bertz CT molecular complexity index is 1540. The first-order valence-corrected chi connectivity index (χ1v) is 11.3. The second-order valence-electron chi connectivity index (χ2n) is 7.88. The minimum Gasteiger partial charge on any atom is -0.431 e. The van der Waals surface area contributed by atoms with Crippen LogP contribution in [-0.2, 0) is 10.1 Å². The van der Waals surface area contributed by atoms with Crippen molar-refractivity contribution in [2.24, 2.45) is 0 Å². The second kappa shape index (κ2) is 7.68. The van der Waals surface area contributed by atoms with E-state index in [1.165, 1.54) is 11.9 Å². The Morgan fingerprint density at radius 3 is 2.47 bits per heavy atom. The summed E-state index contributed by atoms with van der Waals surface area (Å²) in [5, 5.41) is 4.11. The van der Waals surface area contributed by atoms with E-state index in [-0.39, 0.29) is 28.8 Å². The van der Waals surface area contributed by atoms with Crippen LogP contribution in [0.5, 0.6) is 11.6 Å². The third-order valence-electron chi connectivity index (χ3n) is 5.91. The van der Waals surface area contributed by atoms with E-state index in [2.05, 4.69) is 19.0 Å². The highest BCUT2D eigenvalue weighted by molar-refractivity contribution is 7.87. The fourth-order valence-corrected chi connectivity index (χ4v) is 4.88. The molecule has 1 aliphatic carbocycles. The number of fused-ring (bicyclic) bond motifs is 9. The van der Waals surface area contributed by atoms with Gasteiger partial charge in [0.25, 0.3) is 11.8 Å². The summed E-state index contributed by atoms with van der Waals surface area (Å²) in [6, 6.07) is 0.978. The fourth-order valence-electron chi connectivity index (χ4n) is 4.46. The minimum atomic E-state index is -6.29. The van der Waals surface area contributed by atoms with E-state index < -0.39 is 69.0 Å². The largest absolute Gasteiger partial charge is 0.534 e. The predicted octanol–water partition coefficient (Wildman–Crippen LogP) is 3.50. The molecule has 2 aliphatic rings. The lowest BCUT2D eigenvalue weighted by Gasteiger charge is -2.23. The summed E-state index contributed by atoms with van der Waals surface area (Å²) in [6.45, 7) is -3.47. The van der Waals surface area contributed by atoms with Crippen molar-refractivity contribution in [1.82, 2.24) is 19.5 Å². The topological polar surface area (TPSA) is 103 Å². The molecule has 0 N–H and O–H groups in total. The Morgan fingerprint density at radius 1 is 1.14 bits per heavy atom. The molecule has 192 valence electrons. The van der Waals surface area contributed by atoms with Gasteiger partial charge in [-0.1, -0.05) is 0 Å². The number of carbonyl (C=O) groups is 1. The van der Waals surface area contributed by atoms with E-state index in [0.717, 1.165) is 16.6 Å². The van der Waals surface area contributed by atoms with E-state index in [9.17, 15) is 43.9 Å². The molecule has 0 radical (unpaired) electrons. The summed E-state index contributed by atoms with van der Waals surface area (Å²) in [5.41, 5.74) is -6.68. The first-order valence-electron chi connectivity index (χ1n) is 9.85. The molecule has 0 saturated carbocycles. The number of hydrogen-bond acceptors (Lipinski definition) is 7. The van der Waals surface area contributed by atoms with Gasteiger partial charge in [-0.15, -0.1) is 0 Å². The molecule has 1 aromatic carbocycles. The smallest absolute Gasteiger partial charge is 0.431 e. The molecule has 0 saturated heterocycles. The zero-order chi connectivity index (χ0) is 26.3. The maximum atomic E-state index is 14.6. The number of halogens is 7. The van der Waals surface area contributed by atoms with Gasteiger partial charge in [0.05, 0.1) is 17.9 Å². The van der Waals surface area contributed by atoms with Crippen molar-refractivity contribution < 1.29 is 52.9 Å². The highest BCUT2D eigenvalue weighted by Crippen LogP contribution is 2.53. The molecule has 5 rings (SSSR count). The van der Waals surface area contributed by atoms with Crippen LogP contribution in [0.4, 0.5) is 30.7 Å². The lowest BCUT2D eigenvalue weighted by molar-refractivity contribution is -0.0530.